The van der Waals surface area contributed by atoms with Crippen LogP contribution in [0.25, 0.3) is 0 Å². The second-order valence-corrected chi connectivity index (χ2v) is 6.09. The highest BCUT2D eigenvalue weighted by molar-refractivity contribution is 5.78. The first-order valence-corrected chi connectivity index (χ1v) is 8.26. The third kappa shape index (κ3) is 4.76. The Labute approximate surface area is 131 Å². The monoisotopic (exact) mass is 312 g/mol. The van der Waals surface area contributed by atoms with Crippen molar-refractivity contribution in [2.24, 2.45) is 16.6 Å². The number of ether oxygens (including phenoxy) is 1. The number of nitrogens with zero attached hydrogens (tertiary/aromatic N) is 2. The molecule has 7 nitrogen and oxygen atoms in total. The molecule has 0 radical (unpaired) electrons. The molecule has 22 heavy (non-hydrogen) atoms. The van der Waals surface area contributed by atoms with Crippen molar-refractivity contribution in [1.29, 1.82) is 0 Å². The predicted molar refractivity (Wildman–Crippen MR) is 84.6 cm³/mol. The Morgan fingerprint density at radius 3 is 2.68 bits per heavy atom. The smallest absolute Gasteiger partial charge is 0.409 e. The molecule has 0 aromatic rings. The first-order chi connectivity index (χ1) is 10.6. The molecule has 2 aliphatic rings. The van der Waals surface area contributed by atoms with Crippen LogP contribution in [-0.2, 0) is 4.74 Å². The molecular weight excluding hydrogens is 284 g/mol. The van der Waals surface area contributed by atoms with Crippen LogP contribution in [0.2, 0.25) is 0 Å². The van der Waals surface area contributed by atoms with Gasteiger partial charge in [0.05, 0.1) is 12.7 Å². The molecule has 0 aromatic heterocycles. The molecular formula is C15H28N4O3. The highest BCUT2D eigenvalue weighted by Crippen LogP contribution is 2.25. The minimum absolute atomic E-state index is 0.232. The van der Waals surface area contributed by atoms with Gasteiger partial charge in [-0.05, 0) is 32.6 Å². The van der Waals surface area contributed by atoms with Crippen LogP contribution in [0.5, 0.6) is 0 Å². The van der Waals surface area contributed by atoms with Crippen molar-refractivity contribution in [1.82, 2.24) is 10.2 Å². The SMILES string of the molecule is CCOC(=O)N1CCC(NC(N)=NCC2CCCC2O)CC1. The molecule has 1 saturated heterocycles. The van der Waals surface area contributed by atoms with E-state index in [2.05, 4.69) is 10.3 Å². The number of amides is 1. The van der Waals surface area contributed by atoms with E-state index in [1.165, 1.54) is 0 Å². The summed E-state index contributed by atoms with van der Waals surface area (Å²) in [6.45, 7) is 4.15. The lowest BCUT2D eigenvalue weighted by atomic mass is 10.1. The van der Waals surface area contributed by atoms with Gasteiger partial charge in [-0.1, -0.05) is 6.42 Å². The van der Waals surface area contributed by atoms with Crippen LogP contribution in [0.1, 0.15) is 39.0 Å². The summed E-state index contributed by atoms with van der Waals surface area (Å²) in [7, 11) is 0. The number of aliphatic hydroxyl groups is 1. The van der Waals surface area contributed by atoms with E-state index in [9.17, 15) is 9.90 Å². The fourth-order valence-electron chi connectivity index (χ4n) is 3.12. The summed E-state index contributed by atoms with van der Waals surface area (Å²) in [4.78, 5) is 17.7. The lowest BCUT2D eigenvalue weighted by Crippen LogP contribution is -2.48. The van der Waals surface area contributed by atoms with Gasteiger partial charge in [0, 0.05) is 31.6 Å². The first-order valence-electron chi connectivity index (χ1n) is 8.26. The van der Waals surface area contributed by atoms with Gasteiger partial charge in [-0.2, -0.15) is 0 Å². The number of carbonyl (C=O) groups is 1. The Kier molecular flexibility index (Phi) is 6.30. The molecule has 4 N–H and O–H groups in total. The second-order valence-electron chi connectivity index (χ2n) is 6.09. The highest BCUT2D eigenvalue weighted by Gasteiger charge is 2.26. The number of piperidine rings is 1. The van der Waals surface area contributed by atoms with Crippen LogP contribution >= 0.6 is 0 Å². The van der Waals surface area contributed by atoms with Crippen molar-refractivity contribution < 1.29 is 14.6 Å². The summed E-state index contributed by atoms with van der Waals surface area (Å²) in [5, 5.41) is 13.0. The van der Waals surface area contributed by atoms with E-state index in [1.807, 2.05) is 6.92 Å². The number of carbonyl (C=O) groups excluding carboxylic acids is 1. The van der Waals surface area contributed by atoms with Crippen LogP contribution in [-0.4, -0.2) is 60.4 Å². The fraction of sp³-hybridized carbons (Fsp3) is 0.867. The minimum atomic E-state index is -0.238. The molecule has 0 aromatic carbocycles. The van der Waals surface area contributed by atoms with E-state index in [0.29, 0.717) is 32.2 Å². The van der Waals surface area contributed by atoms with Crippen molar-refractivity contribution in [2.75, 3.05) is 26.2 Å². The van der Waals surface area contributed by atoms with Crippen LogP contribution in [0.4, 0.5) is 4.79 Å². The molecule has 1 aliphatic carbocycles. The summed E-state index contributed by atoms with van der Waals surface area (Å²) in [6, 6.07) is 0.239. The normalized spacial score (nSPS) is 27.0. The summed E-state index contributed by atoms with van der Waals surface area (Å²) < 4.78 is 5.00. The average molecular weight is 312 g/mol. The topological polar surface area (TPSA) is 100 Å². The molecule has 0 bridgehead atoms. The number of likely N-dealkylation sites (tertiary alicyclic amines) is 1. The number of aliphatic hydroxyl groups excluding tert-OH is 1. The average Bonchev–Trinajstić information content (AvgIpc) is 2.91. The number of hydrogen-bond donors (Lipinski definition) is 3. The Morgan fingerprint density at radius 1 is 1.36 bits per heavy atom. The van der Waals surface area contributed by atoms with Crippen LogP contribution < -0.4 is 11.1 Å². The van der Waals surface area contributed by atoms with Crippen LogP contribution in [0.15, 0.2) is 4.99 Å². The summed E-state index contributed by atoms with van der Waals surface area (Å²) in [5.74, 6) is 0.680. The molecule has 1 aliphatic heterocycles. The molecule has 0 spiro atoms. The van der Waals surface area contributed by atoms with Crippen molar-refractivity contribution >= 4 is 12.1 Å². The first kappa shape index (κ1) is 16.9. The predicted octanol–water partition coefficient (Wildman–Crippen LogP) is 0.673. The van der Waals surface area contributed by atoms with Crippen molar-refractivity contribution in [2.45, 2.75) is 51.2 Å². The summed E-state index contributed by atoms with van der Waals surface area (Å²) >= 11 is 0. The van der Waals surface area contributed by atoms with Gasteiger partial charge < -0.3 is 25.8 Å². The van der Waals surface area contributed by atoms with E-state index < -0.39 is 0 Å². The zero-order chi connectivity index (χ0) is 15.9. The number of nitrogens with one attached hydrogen (secondary N) is 1. The van der Waals surface area contributed by atoms with Crippen LogP contribution in [0.3, 0.4) is 0 Å². The van der Waals surface area contributed by atoms with E-state index >= 15 is 0 Å². The molecule has 1 heterocycles. The third-order valence-electron chi connectivity index (χ3n) is 4.49. The molecule has 2 rings (SSSR count). The van der Waals surface area contributed by atoms with Gasteiger partial charge in [-0.25, -0.2) is 4.79 Å². The van der Waals surface area contributed by atoms with E-state index in [1.54, 1.807) is 4.90 Å². The largest absolute Gasteiger partial charge is 0.450 e. The van der Waals surface area contributed by atoms with Crippen LogP contribution in [0, 0.1) is 5.92 Å². The molecule has 2 atom stereocenters. The maximum absolute atomic E-state index is 11.6. The number of nitrogens with two attached hydrogens (primary N) is 1. The van der Waals surface area contributed by atoms with E-state index in [4.69, 9.17) is 10.5 Å². The standard InChI is InChI=1S/C15H28N4O3/c1-2-22-15(21)19-8-6-12(7-9-19)18-14(16)17-10-11-4-3-5-13(11)20/h11-13,20H,2-10H2,1H3,(H3,16,17,18). The molecule has 7 heteroatoms. The van der Waals surface area contributed by atoms with Gasteiger partial charge in [0.25, 0.3) is 0 Å². The summed E-state index contributed by atoms with van der Waals surface area (Å²) in [5.41, 5.74) is 5.92. The molecule has 1 amide bonds. The molecule has 126 valence electrons. The highest BCUT2D eigenvalue weighted by atomic mass is 16.6. The van der Waals surface area contributed by atoms with Crippen molar-refractivity contribution in [3.63, 3.8) is 0 Å². The Bertz CT molecular complexity index is 394. The number of guanidine groups is 1. The zero-order valence-electron chi connectivity index (χ0n) is 13.3. The van der Waals surface area contributed by atoms with E-state index in [-0.39, 0.29) is 24.2 Å². The second kappa shape index (κ2) is 8.22. The Balaban J connectivity index is 1.69. The molecule has 1 saturated carbocycles. The van der Waals surface area contributed by atoms with Gasteiger partial charge in [-0.15, -0.1) is 0 Å². The zero-order valence-corrected chi connectivity index (χ0v) is 13.3. The van der Waals surface area contributed by atoms with Gasteiger partial charge in [0.1, 0.15) is 0 Å². The molecule has 2 fully saturated rings. The number of aliphatic imine (C=N–C) groups is 1. The minimum Gasteiger partial charge on any atom is -0.450 e. The van der Waals surface area contributed by atoms with Crippen molar-refractivity contribution in [3.8, 4) is 0 Å². The fourth-order valence-corrected chi connectivity index (χ4v) is 3.12. The maximum atomic E-state index is 11.6. The Hall–Kier alpha value is -1.50. The quantitative estimate of drug-likeness (QED) is 0.523. The lowest BCUT2D eigenvalue weighted by Gasteiger charge is -2.31. The summed E-state index contributed by atoms with van der Waals surface area (Å²) in [6.07, 6.45) is 4.17. The van der Waals surface area contributed by atoms with Gasteiger partial charge in [0.15, 0.2) is 5.96 Å². The number of rotatable bonds is 4. The number of hydrogen-bond acceptors (Lipinski definition) is 4. The van der Waals surface area contributed by atoms with Gasteiger partial charge >= 0.3 is 6.09 Å². The molecule has 2 unspecified atom stereocenters. The van der Waals surface area contributed by atoms with Gasteiger partial charge in [-0.3, -0.25) is 4.99 Å². The van der Waals surface area contributed by atoms with Gasteiger partial charge in [0.2, 0.25) is 0 Å². The van der Waals surface area contributed by atoms with E-state index in [0.717, 1.165) is 32.1 Å². The maximum Gasteiger partial charge on any atom is 0.409 e. The third-order valence-corrected chi connectivity index (χ3v) is 4.49. The Morgan fingerprint density at radius 2 is 2.09 bits per heavy atom. The van der Waals surface area contributed by atoms with Crippen molar-refractivity contribution in [3.05, 3.63) is 0 Å². The lowest BCUT2D eigenvalue weighted by molar-refractivity contribution is 0.0963.